The lowest BCUT2D eigenvalue weighted by atomic mass is 10.5. The molecule has 6 heteroatoms. The van der Waals surface area contributed by atoms with Gasteiger partial charge < -0.3 is 10.8 Å². The highest BCUT2D eigenvalue weighted by Gasteiger charge is 2.05. The summed E-state index contributed by atoms with van der Waals surface area (Å²) in [5, 5.41) is 10.9. The minimum atomic E-state index is 0.510. The summed E-state index contributed by atoms with van der Waals surface area (Å²) in [7, 11) is 2.77. The van der Waals surface area contributed by atoms with Gasteiger partial charge in [0, 0.05) is 26.1 Å². The van der Waals surface area contributed by atoms with Crippen molar-refractivity contribution in [2.75, 3.05) is 20.4 Å². The molecule has 0 aliphatic heterocycles. The summed E-state index contributed by atoms with van der Waals surface area (Å²) < 4.78 is 0. The van der Waals surface area contributed by atoms with Crippen LogP contribution in [-0.2, 0) is 6.54 Å². The number of aliphatic hydroxyl groups is 1. The Kier molecular flexibility index (Phi) is 7.68. The van der Waals surface area contributed by atoms with Crippen LogP contribution in [0, 0.1) is 0 Å². The van der Waals surface area contributed by atoms with E-state index in [0.717, 1.165) is 22.9 Å². The first kappa shape index (κ1) is 13.6. The monoisotopic (exact) mass is 233 g/mol. The summed E-state index contributed by atoms with van der Waals surface area (Å²) in [5.74, 6) is 0. The molecule has 0 radical (unpaired) electrons. The Bertz CT molecular complexity index is 286. The largest absolute Gasteiger partial charge is 0.400 e. The second kappa shape index (κ2) is 7.93. The second-order valence-electron chi connectivity index (χ2n) is 2.06. The lowest BCUT2D eigenvalue weighted by molar-refractivity contribution is 0.399. The van der Waals surface area contributed by atoms with Gasteiger partial charge in [-0.15, -0.1) is 23.1 Å². The van der Waals surface area contributed by atoms with Crippen molar-refractivity contribution >= 4 is 28.1 Å². The van der Waals surface area contributed by atoms with Crippen LogP contribution in [0.2, 0.25) is 0 Å². The van der Waals surface area contributed by atoms with Gasteiger partial charge in [0.1, 0.15) is 15.7 Å². The average molecular weight is 233 g/mol. The first-order chi connectivity index (χ1) is 6.81. The van der Waals surface area contributed by atoms with Crippen molar-refractivity contribution in [3.63, 3.8) is 0 Å². The molecule has 0 spiro atoms. The maximum atomic E-state index is 7.00. The topological polar surface area (TPSA) is 71.5 Å². The Balaban J connectivity index is 0.000000791. The zero-order valence-electron chi connectivity index (χ0n) is 8.52. The molecule has 0 unspecified atom stereocenters. The van der Waals surface area contributed by atoms with Gasteiger partial charge >= 0.3 is 0 Å². The first-order valence-corrected chi connectivity index (χ1v) is 6.02. The van der Waals surface area contributed by atoms with Gasteiger partial charge in [0.05, 0.1) is 0 Å². The van der Waals surface area contributed by atoms with E-state index in [4.69, 9.17) is 10.8 Å². The molecule has 0 aliphatic rings. The van der Waals surface area contributed by atoms with E-state index in [1.165, 1.54) is 0 Å². The molecule has 1 aromatic heterocycles. The Morgan fingerprint density at radius 3 is 2.71 bits per heavy atom. The van der Waals surface area contributed by atoms with Crippen LogP contribution in [0.25, 0.3) is 0 Å². The highest BCUT2D eigenvalue weighted by molar-refractivity contribution is 8.13. The third-order valence-corrected chi connectivity index (χ3v) is 2.99. The van der Waals surface area contributed by atoms with Gasteiger partial charge in [0.15, 0.2) is 0 Å². The highest BCUT2D eigenvalue weighted by Crippen LogP contribution is 2.14. The van der Waals surface area contributed by atoms with E-state index < -0.39 is 0 Å². The maximum absolute atomic E-state index is 7.00. The van der Waals surface area contributed by atoms with E-state index in [2.05, 4.69) is 9.98 Å². The van der Waals surface area contributed by atoms with Crippen LogP contribution in [0.1, 0.15) is 10.7 Å². The Morgan fingerprint density at radius 1 is 1.71 bits per heavy atom. The van der Waals surface area contributed by atoms with Gasteiger partial charge in [-0.25, -0.2) is 4.98 Å². The Hall–Kier alpha value is -0.430. The lowest BCUT2D eigenvalue weighted by Gasteiger charge is -1.94. The van der Waals surface area contributed by atoms with Gasteiger partial charge in [0.25, 0.3) is 0 Å². The number of aliphatic imine (C=N–C) groups is 1. The summed E-state index contributed by atoms with van der Waals surface area (Å²) in [6, 6.07) is 0. The zero-order valence-corrected chi connectivity index (χ0v) is 10.2. The molecule has 3 N–H and O–H groups in total. The number of nitrogens with zero attached hydrogens (tertiary/aromatic N) is 2. The summed E-state index contributed by atoms with van der Waals surface area (Å²) >= 11 is 3.18. The van der Waals surface area contributed by atoms with Crippen LogP contribution in [0.5, 0.6) is 0 Å². The maximum Gasteiger partial charge on any atom is 0.116 e. The van der Waals surface area contributed by atoms with Crippen molar-refractivity contribution in [3.8, 4) is 0 Å². The number of hydrogen-bond donors (Lipinski definition) is 2. The van der Waals surface area contributed by atoms with Crippen molar-refractivity contribution < 1.29 is 5.11 Å². The molecule has 0 amide bonds. The van der Waals surface area contributed by atoms with Crippen molar-refractivity contribution in [3.05, 3.63) is 16.1 Å². The summed E-state index contributed by atoms with van der Waals surface area (Å²) in [4.78, 5) is 8.42. The minimum absolute atomic E-state index is 0.510. The molecule has 0 saturated heterocycles. The van der Waals surface area contributed by atoms with Gasteiger partial charge in [-0.2, -0.15) is 0 Å². The molecule has 80 valence electrons. The molecule has 1 rings (SSSR count). The molecule has 1 heterocycles. The fraction of sp³-hybridized carbons (Fsp3) is 0.500. The van der Waals surface area contributed by atoms with Crippen LogP contribution in [-0.4, -0.2) is 35.5 Å². The van der Waals surface area contributed by atoms with Crippen LogP contribution >= 0.6 is 23.1 Å². The molecule has 0 aliphatic carbocycles. The van der Waals surface area contributed by atoms with Gasteiger partial charge in [-0.05, 0) is 6.26 Å². The molecule has 0 fully saturated rings. The van der Waals surface area contributed by atoms with E-state index in [9.17, 15) is 0 Å². The number of hydrogen-bond acceptors (Lipinski definition) is 6. The van der Waals surface area contributed by atoms with Crippen molar-refractivity contribution in [1.82, 2.24) is 4.98 Å². The second-order valence-corrected chi connectivity index (χ2v) is 3.80. The molecular formula is C8H15N3OS2. The van der Waals surface area contributed by atoms with Crippen molar-refractivity contribution in [2.45, 2.75) is 6.54 Å². The van der Waals surface area contributed by atoms with Gasteiger partial charge in [-0.1, -0.05) is 0 Å². The smallest absolute Gasteiger partial charge is 0.116 e. The van der Waals surface area contributed by atoms with E-state index in [0.29, 0.717) is 6.54 Å². The SMILES string of the molecule is CN=C(SC)c1csc(CN)n1.CO. The molecule has 0 atom stereocenters. The summed E-state index contributed by atoms with van der Waals surface area (Å²) in [6.45, 7) is 0.510. The average Bonchev–Trinajstić information content (AvgIpc) is 2.71. The lowest BCUT2D eigenvalue weighted by Crippen LogP contribution is -1.98. The molecular weight excluding hydrogens is 218 g/mol. The standard InChI is InChI=1S/C7H11N3S2.CH4O/c1-9-7(11-2)5-4-12-6(3-8)10-5;1-2/h4H,3,8H2,1-2H3;2H,1H3. The number of thioether (sulfide) groups is 1. The quantitative estimate of drug-likeness (QED) is 0.589. The van der Waals surface area contributed by atoms with E-state index in [-0.39, 0.29) is 0 Å². The first-order valence-electron chi connectivity index (χ1n) is 3.92. The molecule has 4 nitrogen and oxygen atoms in total. The molecule has 14 heavy (non-hydrogen) atoms. The zero-order chi connectivity index (χ0) is 11.0. The summed E-state index contributed by atoms with van der Waals surface area (Å²) in [6.07, 6.45) is 1.99. The van der Waals surface area contributed by atoms with Gasteiger partial charge in [-0.3, -0.25) is 4.99 Å². The predicted molar refractivity (Wildman–Crippen MR) is 64.1 cm³/mol. The fourth-order valence-electron chi connectivity index (χ4n) is 0.813. The molecule has 0 aromatic carbocycles. The third-order valence-electron chi connectivity index (χ3n) is 1.34. The number of aromatic nitrogens is 1. The van der Waals surface area contributed by atoms with Crippen molar-refractivity contribution in [1.29, 1.82) is 0 Å². The number of aliphatic hydroxyl groups excluding tert-OH is 1. The predicted octanol–water partition coefficient (Wildman–Crippen LogP) is 0.950. The fourth-order valence-corrected chi connectivity index (χ4v) is 2.04. The number of thiazole rings is 1. The Morgan fingerprint density at radius 2 is 2.36 bits per heavy atom. The van der Waals surface area contributed by atoms with Crippen LogP contribution in [0.4, 0.5) is 0 Å². The molecule has 0 bridgehead atoms. The van der Waals surface area contributed by atoms with Crippen molar-refractivity contribution in [2.24, 2.45) is 10.7 Å². The Labute approximate surface area is 92.3 Å². The molecule has 1 aromatic rings. The number of nitrogens with two attached hydrogens (primary N) is 1. The van der Waals surface area contributed by atoms with Crippen LogP contribution in [0.15, 0.2) is 10.4 Å². The van der Waals surface area contributed by atoms with E-state index >= 15 is 0 Å². The van der Waals surface area contributed by atoms with Gasteiger partial charge in [0.2, 0.25) is 0 Å². The summed E-state index contributed by atoms with van der Waals surface area (Å²) in [5.41, 5.74) is 6.39. The normalized spacial score (nSPS) is 10.8. The minimum Gasteiger partial charge on any atom is -0.400 e. The van der Waals surface area contributed by atoms with Crippen LogP contribution in [0.3, 0.4) is 0 Å². The molecule has 0 saturated carbocycles. The van der Waals surface area contributed by atoms with E-state index in [1.54, 1.807) is 30.1 Å². The highest BCUT2D eigenvalue weighted by atomic mass is 32.2. The number of rotatable bonds is 2. The third kappa shape index (κ3) is 3.75. The van der Waals surface area contributed by atoms with E-state index in [1.807, 2.05) is 11.6 Å². The van der Waals surface area contributed by atoms with Crippen LogP contribution < -0.4 is 5.73 Å².